The highest BCUT2D eigenvalue weighted by molar-refractivity contribution is 7.90. The van der Waals surface area contributed by atoms with E-state index in [4.69, 9.17) is 18.9 Å². The molecule has 6 heterocycles. The van der Waals surface area contributed by atoms with Crippen molar-refractivity contribution in [1.82, 2.24) is 24.5 Å². The van der Waals surface area contributed by atoms with Crippen molar-refractivity contribution in [3.63, 3.8) is 0 Å². The molecule has 3 saturated heterocycles. The van der Waals surface area contributed by atoms with Gasteiger partial charge in [-0.15, -0.1) is 0 Å². The zero-order valence-electron chi connectivity index (χ0n) is 43.5. The molecule has 4 aliphatic heterocycles. The Morgan fingerprint density at radius 2 is 1.74 bits per heavy atom. The molecule has 3 N–H and O–H groups in total. The normalized spacial score (nSPS) is 19.7. The van der Waals surface area contributed by atoms with Gasteiger partial charge in [0.2, 0.25) is 0 Å². The zero-order valence-corrected chi connectivity index (χ0v) is 44.3. The number of nitrogens with one attached hydrogen (secondary N) is 3. The van der Waals surface area contributed by atoms with Crippen LogP contribution in [0.15, 0.2) is 96.2 Å². The number of anilines is 2. The van der Waals surface area contributed by atoms with E-state index in [2.05, 4.69) is 75.3 Å². The average molecular weight is 1080 g/mol. The van der Waals surface area contributed by atoms with Gasteiger partial charge in [0, 0.05) is 120 Å². The SMILES string of the molecule is COc1ccc(CN2CCN(C3CC4(CCN(c5cc(Oc6cnc7[nH]ccc7c6)c(C(=O)NS(=O)(=O)c6cc([N+](=O)[O-])c(NCC7(F)CCOCC7)c7c6CCO7)cc5F)CC4)C3)C(c3ccccc3C(C)C)C2)cc1. The lowest BCUT2D eigenvalue weighted by molar-refractivity contribution is -0.384. The van der Waals surface area contributed by atoms with Crippen LogP contribution in [0.3, 0.4) is 0 Å². The van der Waals surface area contributed by atoms with Crippen LogP contribution in [0, 0.1) is 21.3 Å². The molecule has 1 unspecified atom stereocenters. The van der Waals surface area contributed by atoms with Gasteiger partial charge < -0.3 is 34.1 Å². The van der Waals surface area contributed by atoms with Crippen molar-refractivity contribution in [3.8, 4) is 23.0 Å². The van der Waals surface area contributed by atoms with Crippen LogP contribution in [0.4, 0.5) is 25.8 Å². The molecule has 6 aromatic rings. The predicted octanol–water partition coefficient (Wildman–Crippen LogP) is 9.83. The number of nitro benzene ring substituents is 1. The number of nitrogens with zero attached hydrogens (tertiary/aromatic N) is 5. The van der Waals surface area contributed by atoms with Crippen molar-refractivity contribution in [1.29, 1.82) is 0 Å². The van der Waals surface area contributed by atoms with Gasteiger partial charge in [-0.05, 0) is 84.0 Å². The van der Waals surface area contributed by atoms with Gasteiger partial charge in [0.1, 0.15) is 39.3 Å². The molecule has 0 bridgehead atoms. The van der Waals surface area contributed by atoms with Crippen LogP contribution < -0.4 is 29.1 Å². The molecule has 0 radical (unpaired) electrons. The minimum absolute atomic E-state index is 0.0173. The summed E-state index contributed by atoms with van der Waals surface area (Å²) in [5.74, 6) is -0.795. The molecule has 1 saturated carbocycles. The number of piperazine rings is 1. The number of alkyl halides is 1. The number of benzene rings is 4. The topological polar surface area (TPSA) is 194 Å². The molecular weight excluding hydrogens is 1010 g/mol. The van der Waals surface area contributed by atoms with Crippen molar-refractivity contribution in [2.75, 3.05) is 76.4 Å². The van der Waals surface area contributed by atoms with Crippen LogP contribution in [-0.2, 0) is 27.7 Å². The van der Waals surface area contributed by atoms with Gasteiger partial charge in [-0.1, -0.05) is 50.2 Å². The maximum Gasteiger partial charge on any atom is 0.297 e. The van der Waals surface area contributed by atoms with Crippen molar-refractivity contribution >= 4 is 44.0 Å². The number of hydrogen-bond acceptors (Lipinski definition) is 14. The van der Waals surface area contributed by atoms with Crippen molar-refractivity contribution in [2.45, 2.75) is 93.9 Å². The molecule has 2 aromatic heterocycles. The third kappa shape index (κ3) is 10.6. The smallest absolute Gasteiger partial charge is 0.297 e. The molecule has 11 rings (SSSR count). The van der Waals surface area contributed by atoms with Gasteiger partial charge in [0.15, 0.2) is 11.4 Å². The van der Waals surface area contributed by atoms with E-state index in [1.165, 1.54) is 29.0 Å². The number of hydrogen-bond donors (Lipinski definition) is 3. The fourth-order valence-corrected chi connectivity index (χ4v) is 13.5. The minimum Gasteiger partial charge on any atom is -0.497 e. The lowest BCUT2D eigenvalue weighted by atomic mass is 9.59. The third-order valence-electron chi connectivity index (χ3n) is 16.5. The van der Waals surface area contributed by atoms with E-state index in [0.717, 1.165) is 69.7 Å². The van der Waals surface area contributed by atoms with E-state index in [9.17, 15) is 23.3 Å². The number of carbonyl (C=O) groups is 1. The Bertz CT molecular complexity index is 3300. The number of amides is 1. The predicted molar refractivity (Wildman–Crippen MR) is 287 cm³/mol. The molecule has 1 amide bonds. The molecule has 1 aliphatic carbocycles. The minimum atomic E-state index is -4.89. The molecule has 406 valence electrons. The second-order valence-corrected chi connectivity index (χ2v) is 23.3. The summed E-state index contributed by atoms with van der Waals surface area (Å²) in [6, 6.07) is 24.5. The van der Waals surface area contributed by atoms with Gasteiger partial charge >= 0.3 is 0 Å². The first-order valence-electron chi connectivity index (χ1n) is 26.5. The number of nitro groups is 1. The number of aromatic amines is 1. The maximum atomic E-state index is 16.7. The molecule has 1 atom stereocenters. The van der Waals surface area contributed by atoms with Crippen LogP contribution in [0.25, 0.3) is 11.0 Å². The van der Waals surface area contributed by atoms with E-state index < -0.39 is 48.5 Å². The Hall–Kier alpha value is -6.87. The van der Waals surface area contributed by atoms with Gasteiger partial charge in [-0.25, -0.2) is 26.9 Å². The third-order valence-corrected chi connectivity index (χ3v) is 17.9. The Labute approximate surface area is 446 Å². The van der Waals surface area contributed by atoms with Crippen LogP contribution in [0.1, 0.15) is 96.9 Å². The number of carbonyl (C=O) groups excluding carboxylic acids is 1. The number of aromatic nitrogens is 2. The Balaban J connectivity index is 0.820. The second-order valence-electron chi connectivity index (χ2n) is 21.6. The van der Waals surface area contributed by atoms with E-state index >= 15 is 8.78 Å². The highest BCUT2D eigenvalue weighted by Gasteiger charge is 2.50. The number of H-pyrrole nitrogens is 1. The summed E-state index contributed by atoms with van der Waals surface area (Å²) in [5, 5.41) is 16.0. The largest absolute Gasteiger partial charge is 0.497 e. The average Bonchev–Trinajstić information content (AvgIpc) is 4.18. The van der Waals surface area contributed by atoms with Gasteiger partial charge in [0.05, 0.1) is 36.1 Å². The number of halogens is 2. The number of ether oxygens (including phenoxy) is 4. The summed E-state index contributed by atoms with van der Waals surface area (Å²) in [4.78, 5) is 40.1. The highest BCUT2D eigenvalue weighted by atomic mass is 32.2. The summed E-state index contributed by atoms with van der Waals surface area (Å²) < 4.78 is 85.7. The zero-order chi connectivity index (χ0) is 53.6. The Morgan fingerprint density at radius 1 is 0.974 bits per heavy atom. The van der Waals surface area contributed by atoms with Gasteiger partial charge in [0.25, 0.3) is 21.6 Å². The van der Waals surface area contributed by atoms with Gasteiger partial charge in [-0.2, -0.15) is 0 Å². The van der Waals surface area contributed by atoms with Crippen LogP contribution in [0.2, 0.25) is 0 Å². The van der Waals surface area contributed by atoms with E-state index in [0.29, 0.717) is 36.1 Å². The van der Waals surface area contributed by atoms with Crippen LogP contribution in [-0.4, -0.2) is 117 Å². The number of pyridine rings is 1. The van der Waals surface area contributed by atoms with Crippen molar-refractivity contribution in [3.05, 3.63) is 135 Å². The molecular formula is C57H64F2N8O9S. The van der Waals surface area contributed by atoms with Crippen LogP contribution in [0.5, 0.6) is 23.0 Å². The summed E-state index contributed by atoms with van der Waals surface area (Å²) in [6.45, 7) is 9.34. The van der Waals surface area contributed by atoms with E-state index in [1.54, 1.807) is 25.4 Å². The molecule has 20 heteroatoms. The van der Waals surface area contributed by atoms with Gasteiger partial charge in [-0.3, -0.25) is 24.7 Å². The molecule has 4 fully saturated rings. The molecule has 17 nitrogen and oxygen atoms in total. The number of fused-ring (bicyclic) bond motifs is 2. The summed E-state index contributed by atoms with van der Waals surface area (Å²) in [7, 11) is -3.21. The number of rotatable bonds is 16. The first-order valence-corrected chi connectivity index (χ1v) is 28.0. The number of methoxy groups -OCH3 is 1. The summed E-state index contributed by atoms with van der Waals surface area (Å²) >= 11 is 0. The van der Waals surface area contributed by atoms with E-state index in [-0.39, 0.29) is 91.3 Å². The summed E-state index contributed by atoms with van der Waals surface area (Å²) in [6.07, 6.45) is 7.05. The molecule has 4 aromatic carbocycles. The molecule has 5 aliphatic rings. The molecule has 77 heavy (non-hydrogen) atoms. The quantitative estimate of drug-likeness (QED) is 0.0612. The second kappa shape index (κ2) is 21.2. The Kier molecular flexibility index (Phi) is 14.3. The standard InChI is InChI=1S/C57H64F2N8O9S/c1-36(2)42-6-4-5-7-43(42)49-34-64(33-37-8-10-40(73-3)11-9-37)21-22-66(49)39-30-56(31-39)14-19-65(20-15-56)47-28-50(76-41-26-38-12-18-60-54(38)61-32-41)45(27-46(47)58)55(68)63-77(71,72)51-29-48(67(69)70)52(53-44(51)13-23-75-53)62-35-57(59)16-24-74-25-17-57/h4-12,18,26-29,32,36,39,49,62H,13-17,19-25,30-31,33-35H2,1-3H3,(H,60,61)(H,63,68). The lowest BCUT2D eigenvalue weighted by Gasteiger charge is -2.58. The van der Waals surface area contributed by atoms with Crippen molar-refractivity contribution < 1.29 is 45.9 Å². The monoisotopic (exact) mass is 1070 g/mol. The van der Waals surface area contributed by atoms with Crippen molar-refractivity contribution in [2.24, 2.45) is 5.41 Å². The Morgan fingerprint density at radius 3 is 2.48 bits per heavy atom. The highest BCUT2D eigenvalue weighted by Crippen LogP contribution is 2.54. The lowest BCUT2D eigenvalue weighted by Crippen LogP contribution is -2.60. The fraction of sp³-hybridized carbons (Fsp3) is 0.439. The first-order chi connectivity index (χ1) is 37.1. The first kappa shape index (κ1) is 52.2. The number of piperidine rings is 1. The maximum absolute atomic E-state index is 16.7. The fourth-order valence-electron chi connectivity index (χ4n) is 12.3. The molecule has 1 spiro atoms. The van der Waals surface area contributed by atoms with Crippen LogP contribution >= 0.6 is 0 Å². The van der Waals surface area contributed by atoms with E-state index in [1.807, 2.05) is 21.8 Å². The summed E-state index contributed by atoms with van der Waals surface area (Å²) in [5.41, 5.74) is 1.95. The number of sulfonamides is 1.